The molecule has 0 rings (SSSR count). The van der Waals surface area contributed by atoms with Gasteiger partial charge in [-0.25, -0.2) is 9.13 Å². The molecule has 0 spiro atoms. The van der Waals surface area contributed by atoms with Crippen LogP contribution in [0.2, 0.25) is 0 Å². The van der Waals surface area contributed by atoms with Gasteiger partial charge in [0.2, 0.25) is 0 Å². The van der Waals surface area contributed by atoms with E-state index in [4.69, 9.17) is 19.6 Å². The van der Waals surface area contributed by atoms with Gasteiger partial charge in [0.25, 0.3) is 0 Å². The van der Waals surface area contributed by atoms with Gasteiger partial charge >= 0.3 is 34.5 Å². The van der Waals surface area contributed by atoms with Crippen LogP contribution in [0.3, 0.4) is 0 Å². The minimum absolute atomic E-state index is 0. The average molecular weight is 218 g/mol. The van der Waals surface area contributed by atoms with Crippen LogP contribution in [-0.2, 0) is 23.5 Å². The van der Waals surface area contributed by atoms with Crippen molar-refractivity contribution in [1.82, 2.24) is 0 Å². The molecule has 0 aromatic heterocycles. The molecule has 12 heteroatoms. The van der Waals surface area contributed by atoms with E-state index < -0.39 is 15.6 Å². The third kappa shape index (κ3) is 13.4. The third-order valence-corrected chi connectivity index (χ3v) is 0.765. The van der Waals surface area contributed by atoms with E-state index in [0.29, 0.717) is 0 Å². The summed E-state index contributed by atoms with van der Waals surface area (Å²) < 4.78 is 25.6. The summed E-state index contributed by atoms with van der Waals surface area (Å²) in [6.45, 7) is 0. The minimum Gasteiger partial charge on any atom is -1.00 e. The fourth-order valence-corrected chi connectivity index (χ4v) is 0.360. The fraction of sp³-hybridized carbons (Fsp3) is 0. The maximum atomic E-state index is 9.73. The van der Waals surface area contributed by atoms with Crippen molar-refractivity contribution in [2.24, 2.45) is 0 Å². The number of rotatable bonds is 4. The average Bonchev–Trinajstić information content (AvgIpc) is 1.55. The molecule has 0 aliphatic heterocycles. The Morgan fingerprint density at radius 1 is 0.917 bits per heavy atom. The third-order valence-electron chi connectivity index (χ3n) is 0.255. The normalized spacial score (nSPS) is 12.3. The van der Waals surface area contributed by atoms with Crippen LogP contribution in [0.25, 0.3) is 0 Å². The quantitative estimate of drug-likeness (QED) is 0.161. The summed E-state index contributed by atoms with van der Waals surface area (Å²) in [6.07, 6.45) is 0. The van der Waals surface area contributed by atoms with Gasteiger partial charge in [-0.2, -0.15) is 0 Å². The van der Waals surface area contributed by atoms with Crippen molar-refractivity contribution in [2.75, 3.05) is 0 Å². The predicted octanol–water partition coefficient (Wildman–Crippen LogP) is -3.83. The summed E-state index contributed by atoms with van der Waals surface area (Å²) in [7, 11) is -9.88. The minimum atomic E-state index is -4.94. The molecule has 0 aromatic rings. The maximum absolute atomic E-state index is 9.73. The first-order valence-corrected chi connectivity index (χ1v) is 4.92. The molecule has 0 unspecified atom stereocenters. The Hall–Kier alpha value is 0.777. The molecule has 0 bridgehead atoms. The van der Waals surface area contributed by atoms with Crippen LogP contribution in [0.15, 0.2) is 0 Å². The van der Waals surface area contributed by atoms with Crippen molar-refractivity contribution in [2.45, 2.75) is 0 Å². The molecule has 0 fully saturated rings. The standard InChI is InChI=1S/Li.H4O9P2.H/c;1-10(2,3)8-7-9-11(4,5)6;/h;(H2,1,2,3)(H2,4,5,6);/q+1;;-1. The van der Waals surface area contributed by atoms with E-state index in [1.54, 1.807) is 0 Å². The summed E-state index contributed by atoms with van der Waals surface area (Å²) >= 11 is 0. The second-order valence-corrected chi connectivity index (χ2v) is 3.46. The van der Waals surface area contributed by atoms with Crippen molar-refractivity contribution >= 4 is 15.6 Å². The molecule has 70 valence electrons. The molecule has 0 aromatic carbocycles. The smallest absolute Gasteiger partial charge is 1.00 e. The Bertz CT molecular complexity index is 180. The second kappa shape index (κ2) is 5.50. The molecule has 0 radical (unpaired) electrons. The Morgan fingerprint density at radius 2 is 1.17 bits per heavy atom. The van der Waals surface area contributed by atoms with E-state index in [-0.39, 0.29) is 20.3 Å². The van der Waals surface area contributed by atoms with E-state index >= 15 is 0 Å². The van der Waals surface area contributed by atoms with Crippen molar-refractivity contribution in [3.63, 3.8) is 0 Å². The van der Waals surface area contributed by atoms with Crippen LogP contribution in [0, 0.1) is 0 Å². The molecule has 4 N–H and O–H groups in total. The summed E-state index contributed by atoms with van der Waals surface area (Å²) in [5, 5.41) is 3.04. The van der Waals surface area contributed by atoms with E-state index in [1.807, 2.05) is 0 Å². The van der Waals surface area contributed by atoms with Crippen LogP contribution < -0.4 is 18.9 Å². The van der Waals surface area contributed by atoms with Gasteiger partial charge in [0.05, 0.1) is 0 Å². The van der Waals surface area contributed by atoms with Gasteiger partial charge in [-0.1, -0.05) is 9.35 Å². The Kier molecular flexibility index (Phi) is 6.99. The summed E-state index contributed by atoms with van der Waals surface area (Å²) in [6, 6.07) is 0. The Labute approximate surface area is 79.6 Å². The zero-order valence-electron chi connectivity index (χ0n) is 6.72. The van der Waals surface area contributed by atoms with Crippen LogP contribution in [0.5, 0.6) is 0 Å². The molecule has 12 heavy (non-hydrogen) atoms. The summed E-state index contributed by atoms with van der Waals surface area (Å²) in [5.74, 6) is 0. The number of hydrogen-bond donors (Lipinski definition) is 4. The first kappa shape index (κ1) is 15.3. The van der Waals surface area contributed by atoms with Gasteiger partial charge in [0, 0.05) is 0 Å². The second-order valence-electron chi connectivity index (χ2n) is 1.20. The van der Waals surface area contributed by atoms with Crippen molar-refractivity contribution in [3.05, 3.63) is 0 Å². The molecule has 0 aliphatic rings. The predicted molar refractivity (Wildman–Crippen MR) is 28.5 cm³/mol. The molecule has 0 heterocycles. The zero-order chi connectivity index (χ0) is 9.12. The molecular formula is H5LiO9P2. The molecule has 0 saturated heterocycles. The van der Waals surface area contributed by atoms with Gasteiger partial charge in [-0.05, 0) is 5.04 Å². The molecule has 0 amide bonds. The van der Waals surface area contributed by atoms with E-state index in [0.717, 1.165) is 0 Å². The summed E-state index contributed by atoms with van der Waals surface area (Å²) in [5.41, 5.74) is 0. The van der Waals surface area contributed by atoms with Gasteiger partial charge in [-0.3, -0.25) is 0 Å². The monoisotopic (exact) mass is 218 g/mol. The van der Waals surface area contributed by atoms with Crippen LogP contribution in [-0.4, -0.2) is 19.6 Å². The van der Waals surface area contributed by atoms with E-state index in [2.05, 4.69) is 14.4 Å². The first-order valence-electron chi connectivity index (χ1n) is 1.86. The van der Waals surface area contributed by atoms with Crippen LogP contribution in [0.1, 0.15) is 1.43 Å². The molecule has 0 aliphatic carbocycles. The molecular weight excluding hydrogens is 213 g/mol. The van der Waals surface area contributed by atoms with Crippen molar-refractivity contribution in [3.8, 4) is 0 Å². The van der Waals surface area contributed by atoms with Gasteiger partial charge in [0.1, 0.15) is 0 Å². The Balaban J connectivity index is -0.000000500. The first-order chi connectivity index (χ1) is 4.71. The topological polar surface area (TPSA) is 143 Å². The molecule has 9 nitrogen and oxygen atoms in total. The maximum Gasteiger partial charge on any atom is 1.00 e. The number of hydrogen-bond acceptors (Lipinski definition) is 5. The Morgan fingerprint density at radius 3 is 1.33 bits per heavy atom. The largest absolute Gasteiger partial charge is 1.00 e. The van der Waals surface area contributed by atoms with Crippen LogP contribution >= 0.6 is 15.6 Å². The van der Waals surface area contributed by atoms with E-state index in [9.17, 15) is 9.13 Å². The van der Waals surface area contributed by atoms with Crippen LogP contribution in [0.4, 0.5) is 0 Å². The number of phosphoric acid groups is 2. The van der Waals surface area contributed by atoms with Gasteiger partial charge in [-0.15, -0.1) is 0 Å². The van der Waals surface area contributed by atoms with Gasteiger partial charge < -0.3 is 21.0 Å². The van der Waals surface area contributed by atoms with Crippen molar-refractivity contribution < 1.29 is 63.4 Å². The summed E-state index contributed by atoms with van der Waals surface area (Å²) in [4.78, 5) is 31.4. The SMILES string of the molecule is O=P(O)(O)OOOP(=O)(O)O.[H-].[Li+]. The van der Waals surface area contributed by atoms with Crippen molar-refractivity contribution in [1.29, 1.82) is 0 Å². The molecule has 0 atom stereocenters. The molecule has 0 saturated carbocycles. The van der Waals surface area contributed by atoms with E-state index in [1.165, 1.54) is 0 Å². The zero-order valence-corrected chi connectivity index (χ0v) is 7.51. The fourth-order valence-electron chi connectivity index (χ4n) is 0.0929. The van der Waals surface area contributed by atoms with Gasteiger partial charge in [0.15, 0.2) is 0 Å².